The second kappa shape index (κ2) is 7.32. The molecule has 28 heavy (non-hydrogen) atoms. The molecule has 0 spiro atoms. The van der Waals surface area contributed by atoms with E-state index in [9.17, 15) is 9.18 Å². The molecule has 3 aromatic rings. The van der Waals surface area contributed by atoms with Gasteiger partial charge in [-0.1, -0.05) is 18.2 Å². The molecule has 0 bridgehead atoms. The molecule has 1 aromatic heterocycles. The lowest BCUT2D eigenvalue weighted by molar-refractivity contribution is -0.110. The van der Waals surface area contributed by atoms with Crippen molar-refractivity contribution in [2.24, 2.45) is 0 Å². The number of carbonyl (C=O) groups excluding carboxylic acids is 1. The summed E-state index contributed by atoms with van der Waals surface area (Å²) in [6.45, 7) is 6.16. The number of hydrogen-bond donors (Lipinski definition) is 2. The third-order valence-electron chi connectivity index (χ3n) is 5.27. The maximum atomic E-state index is 13.9. The molecule has 0 aliphatic carbocycles. The number of thioether (sulfide) groups is 1. The van der Waals surface area contributed by atoms with Gasteiger partial charge in [0.1, 0.15) is 5.82 Å². The number of aryl methyl sites for hydroxylation is 1. The van der Waals surface area contributed by atoms with Crippen LogP contribution in [0.15, 0.2) is 47.4 Å². The number of benzene rings is 2. The summed E-state index contributed by atoms with van der Waals surface area (Å²) in [4.78, 5) is 16.9. The van der Waals surface area contributed by atoms with Gasteiger partial charge < -0.3 is 10.3 Å². The van der Waals surface area contributed by atoms with Crippen LogP contribution in [0.5, 0.6) is 0 Å². The number of halogens is 1. The minimum Gasteiger partial charge on any atom is -0.359 e. The summed E-state index contributed by atoms with van der Waals surface area (Å²) in [5.41, 5.74) is 7.43. The number of H-pyrrole nitrogens is 1. The van der Waals surface area contributed by atoms with Gasteiger partial charge in [0.15, 0.2) is 0 Å². The molecule has 2 heterocycles. The number of nitrogens with one attached hydrogen (secondary N) is 2. The summed E-state index contributed by atoms with van der Waals surface area (Å²) in [5.74, 6) is 0.247. The first kappa shape index (κ1) is 18.6. The summed E-state index contributed by atoms with van der Waals surface area (Å²) in [6, 6.07) is 12.7. The van der Waals surface area contributed by atoms with E-state index in [4.69, 9.17) is 0 Å². The van der Waals surface area contributed by atoms with E-state index in [0.717, 1.165) is 33.1 Å². The Labute approximate surface area is 168 Å². The fraction of sp³-hybridized carbons (Fsp3) is 0.174. The first-order chi connectivity index (χ1) is 13.4. The van der Waals surface area contributed by atoms with Crippen molar-refractivity contribution in [3.8, 4) is 0 Å². The average Bonchev–Trinajstić information content (AvgIpc) is 3.12. The molecule has 0 radical (unpaired) electrons. The third kappa shape index (κ3) is 3.38. The summed E-state index contributed by atoms with van der Waals surface area (Å²) in [5, 5.41) is 2.93. The quantitative estimate of drug-likeness (QED) is 0.431. The highest BCUT2D eigenvalue weighted by molar-refractivity contribution is 7.98. The summed E-state index contributed by atoms with van der Waals surface area (Å²) < 4.78 is 13.9. The SMILES string of the molecule is Cc1[nH]c(/C=C2\C(=O)Nc3ccc(SCc4ccccc4F)cc32)c(C)c1C. The van der Waals surface area contributed by atoms with E-state index in [0.29, 0.717) is 16.9 Å². The van der Waals surface area contributed by atoms with Crippen molar-refractivity contribution in [1.82, 2.24) is 4.98 Å². The van der Waals surface area contributed by atoms with Gasteiger partial charge in [-0.2, -0.15) is 0 Å². The highest BCUT2D eigenvalue weighted by Crippen LogP contribution is 2.37. The molecule has 4 rings (SSSR count). The lowest BCUT2D eigenvalue weighted by atomic mass is 10.0. The number of fused-ring (bicyclic) bond motifs is 1. The van der Waals surface area contributed by atoms with Gasteiger partial charge in [0.05, 0.1) is 5.57 Å². The Balaban J connectivity index is 1.64. The second-order valence-electron chi connectivity index (χ2n) is 7.01. The molecular formula is C23H21FN2OS. The van der Waals surface area contributed by atoms with Gasteiger partial charge in [-0.05, 0) is 67.8 Å². The van der Waals surface area contributed by atoms with Crippen LogP contribution in [0.2, 0.25) is 0 Å². The van der Waals surface area contributed by atoms with Crippen LogP contribution in [0.1, 0.15) is 33.6 Å². The number of amides is 1. The van der Waals surface area contributed by atoms with Gasteiger partial charge in [0.25, 0.3) is 5.91 Å². The van der Waals surface area contributed by atoms with Crippen LogP contribution in [0.4, 0.5) is 10.1 Å². The highest BCUT2D eigenvalue weighted by atomic mass is 32.2. The smallest absolute Gasteiger partial charge is 0.256 e. The molecule has 0 fully saturated rings. The fourth-order valence-corrected chi connectivity index (χ4v) is 4.26. The van der Waals surface area contributed by atoms with Crippen molar-refractivity contribution in [1.29, 1.82) is 0 Å². The number of aromatic amines is 1. The van der Waals surface area contributed by atoms with Crippen LogP contribution in [-0.4, -0.2) is 10.9 Å². The minimum absolute atomic E-state index is 0.101. The Hall–Kier alpha value is -2.79. The zero-order chi connectivity index (χ0) is 19.8. The molecule has 0 atom stereocenters. The van der Waals surface area contributed by atoms with E-state index in [2.05, 4.69) is 24.1 Å². The molecule has 1 amide bonds. The first-order valence-corrected chi connectivity index (χ1v) is 10.1. The molecule has 3 nitrogen and oxygen atoms in total. The van der Waals surface area contributed by atoms with Crippen molar-refractivity contribution >= 4 is 35.0 Å². The second-order valence-corrected chi connectivity index (χ2v) is 8.06. The predicted octanol–water partition coefficient (Wildman–Crippen LogP) is 5.86. The van der Waals surface area contributed by atoms with E-state index in [-0.39, 0.29) is 11.7 Å². The molecule has 0 saturated heterocycles. The van der Waals surface area contributed by atoms with Crippen molar-refractivity contribution in [2.45, 2.75) is 31.4 Å². The van der Waals surface area contributed by atoms with Crippen molar-refractivity contribution in [3.05, 3.63) is 81.9 Å². The molecule has 1 aliphatic heterocycles. The molecule has 142 valence electrons. The van der Waals surface area contributed by atoms with Crippen LogP contribution < -0.4 is 5.32 Å². The van der Waals surface area contributed by atoms with Crippen LogP contribution in [0, 0.1) is 26.6 Å². The van der Waals surface area contributed by atoms with Crippen LogP contribution in [-0.2, 0) is 10.5 Å². The van der Waals surface area contributed by atoms with E-state index in [1.54, 1.807) is 23.9 Å². The van der Waals surface area contributed by atoms with Gasteiger partial charge in [0, 0.05) is 33.3 Å². The molecule has 0 unspecified atom stereocenters. The number of anilines is 1. The maximum absolute atomic E-state index is 13.9. The fourth-order valence-electron chi connectivity index (χ4n) is 3.34. The molecule has 5 heteroatoms. The Morgan fingerprint density at radius 1 is 1.07 bits per heavy atom. The van der Waals surface area contributed by atoms with E-state index in [1.807, 2.05) is 37.3 Å². The van der Waals surface area contributed by atoms with E-state index >= 15 is 0 Å². The molecule has 2 N–H and O–H groups in total. The zero-order valence-corrected chi connectivity index (χ0v) is 16.8. The van der Waals surface area contributed by atoms with Crippen molar-refractivity contribution in [2.75, 3.05) is 5.32 Å². The van der Waals surface area contributed by atoms with Gasteiger partial charge in [-0.25, -0.2) is 4.39 Å². The van der Waals surface area contributed by atoms with E-state index in [1.165, 1.54) is 11.6 Å². The lowest BCUT2D eigenvalue weighted by Crippen LogP contribution is -2.03. The topological polar surface area (TPSA) is 44.9 Å². The van der Waals surface area contributed by atoms with Crippen molar-refractivity contribution in [3.63, 3.8) is 0 Å². The van der Waals surface area contributed by atoms with Crippen LogP contribution in [0.3, 0.4) is 0 Å². The molecule has 2 aromatic carbocycles. The van der Waals surface area contributed by atoms with Crippen LogP contribution >= 0.6 is 11.8 Å². The van der Waals surface area contributed by atoms with E-state index < -0.39 is 0 Å². The third-order valence-corrected chi connectivity index (χ3v) is 6.31. The van der Waals surface area contributed by atoms with Gasteiger partial charge in [-0.3, -0.25) is 4.79 Å². The number of carbonyl (C=O) groups is 1. The zero-order valence-electron chi connectivity index (χ0n) is 16.0. The summed E-state index contributed by atoms with van der Waals surface area (Å²) in [6.07, 6.45) is 1.92. The summed E-state index contributed by atoms with van der Waals surface area (Å²) in [7, 11) is 0. The molecule has 1 aliphatic rings. The lowest BCUT2D eigenvalue weighted by Gasteiger charge is -2.06. The van der Waals surface area contributed by atoms with Crippen LogP contribution in [0.25, 0.3) is 11.6 Å². The maximum Gasteiger partial charge on any atom is 0.256 e. The standard InChI is InChI=1S/C23H21FN2OS/c1-13-14(2)22(25-15(13)3)11-19-18-10-17(8-9-21(18)26-23(19)27)28-12-16-6-4-5-7-20(16)24/h4-11,25H,12H2,1-3H3,(H,26,27)/b19-11-. The minimum atomic E-state index is -0.193. The number of rotatable bonds is 4. The number of hydrogen-bond acceptors (Lipinski definition) is 2. The largest absolute Gasteiger partial charge is 0.359 e. The highest BCUT2D eigenvalue weighted by Gasteiger charge is 2.25. The predicted molar refractivity (Wildman–Crippen MR) is 114 cm³/mol. The normalized spacial score (nSPS) is 14.4. The van der Waals surface area contributed by atoms with Crippen molar-refractivity contribution < 1.29 is 9.18 Å². The average molecular weight is 392 g/mol. The van der Waals surface area contributed by atoms with Gasteiger partial charge >= 0.3 is 0 Å². The van der Waals surface area contributed by atoms with Gasteiger partial charge in [0.2, 0.25) is 0 Å². The molecular weight excluding hydrogens is 371 g/mol. The summed E-state index contributed by atoms with van der Waals surface area (Å²) >= 11 is 1.56. The Bertz CT molecular complexity index is 1110. The monoisotopic (exact) mass is 392 g/mol. The Kier molecular flexibility index (Phi) is 4.85. The number of aromatic nitrogens is 1. The van der Waals surface area contributed by atoms with Gasteiger partial charge in [-0.15, -0.1) is 11.8 Å². The first-order valence-electron chi connectivity index (χ1n) is 9.13. The molecule has 0 saturated carbocycles. The Morgan fingerprint density at radius 2 is 1.86 bits per heavy atom. The Morgan fingerprint density at radius 3 is 2.57 bits per heavy atom.